The molecule has 138 valence electrons. The van der Waals surface area contributed by atoms with Crippen molar-refractivity contribution in [1.29, 1.82) is 0 Å². The van der Waals surface area contributed by atoms with E-state index in [2.05, 4.69) is 4.98 Å². The summed E-state index contributed by atoms with van der Waals surface area (Å²) in [6.45, 7) is 1.67. The Balaban J connectivity index is 1.69. The average molecular weight is 348 g/mol. The predicted molar refractivity (Wildman–Crippen MR) is 93.6 cm³/mol. The average Bonchev–Trinajstić information content (AvgIpc) is 3.11. The van der Waals surface area contributed by atoms with Crippen molar-refractivity contribution in [2.24, 2.45) is 5.92 Å². The van der Waals surface area contributed by atoms with E-state index in [9.17, 15) is 9.90 Å². The van der Waals surface area contributed by atoms with Crippen LogP contribution in [0.25, 0.3) is 0 Å². The van der Waals surface area contributed by atoms with Gasteiger partial charge in [0.15, 0.2) is 0 Å². The van der Waals surface area contributed by atoms with Crippen molar-refractivity contribution in [2.45, 2.75) is 50.7 Å². The molecule has 2 aliphatic rings. The number of methoxy groups -OCH3 is 1. The number of nitrogens with zero attached hydrogens (tertiary/aromatic N) is 2. The monoisotopic (exact) mass is 348 g/mol. The second-order valence-electron chi connectivity index (χ2n) is 6.97. The fourth-order valence-electron chi connectivity index (χ4n) is 4.10. The van der Waals surface area contributed by atoms with E-state index in [4.69, 9.17) is 9.47 Å². The van der Waals surface area contributed by atoms with Gasteiger partial charge >= 0.3 is 0 Å². The van der Waals surface area contributed by atoms with Crippen LogP contribution in [-0.2, 0) is 4.74 Å². The van der Waals surface area contributed by atoms with E-state index < -0.39 is 0 Å². The fraction of sp³-hybridized carbons (Fsp3) is 0.684. The molecular weight excluding hydrogens is 320 g/mol. The van der Waals surface area contributed by atoms with Crippen LogP contribution in [0.2, 0.25) is 0 Å². The molecule has 1 amide bonds. The smallest absolute Gasteiger partial charge is 0.255 e. The molecule has 3 atom stereocenters. The number of aliphatic hydroxyl groups is 1. The minimum atomic E-state index is -0.283. The van der Waals surface area contributed by atoms with Gasteiger partial charge in [0, 0.05) is 31.8 Å². The largest absolute Gasteiger partial charge is 0.490 e. The first-order valence-electron chi connectivity index (χ1n) is 9.26. The maximum Gasteiger partial charge on any atom is 0.255 e. The lowest BCUT2D eigenvalue weighted by Crippen LogP contribution is -2.45. The van der Waals surface area contributed by atoms with E-state index in [1.165, 1.54) is 0 Å². The highest BCUT2D eigenvalue weighted by Crippen LogP contribution is 2.35. The third-order valence-electron chi connectivity index (χ3n) is 5.35. The number of amides is 1. The van der Waals surface area contributed by atoms with Gasteiger partial charge in [-0.05, 0) is 31.7 Å². The summed E-state index contributed by atoms with van der Waals surface area (Å²) >= 11 is 0. The molecule has 25 heavy (non-hydrogen) atoms. The van der Waals surface area contributed by atoms with Gasteiger partial charge in [0.25, 0.3) is 5.91 Å². The molecule has 0 bridgehead atoms. The molecule has 2 fully saturated rings. The van der Waals surface area contributed by atoms with Crippen molar-refractivity contribution < 1.29 is 19.4 Å². The first-order valence-corrected chi connectivity index (χ1v) is 9.26. The van der Waals surface area contributed by atoms with Crippen LogP contribution in [0.4, 0.5) is 0 Å². The van der Waals surface area contributed by atoms with Gasteiger partial charge < -0.3 is 19.5 Å². The Morgan fingerprint density at radius 1 is 1.24 bits per heavy atom. The fourth-order valence-corrected chi connectivity index (χ4v) is 4.10. The lowest BCUT2D eigenvalue weighted by molar-refractivity contribution is 0.0211. The number of aromatic nitrogens is 1. The lowest BCUT2D eigenvalue weighted by Gasteiger charge is -2.37. The minimum Gasteiger partial charge on any atom is -0.490 e. The molecule has 0 radical (unpaired) electrons. The zero-order valence-electron chi connectivity index (χ0n) is 14.9. The van der Waals surface area contributed by atoms with E-state index >= 15 is 0 Å². The normalized spacial score (nSPS) is 26.6. The van der Waals surface area contributed by atoms with Crippen molar-refractivity contribution in [3.63, 3.8) is 0 Å². The molecule has 6 heteroatoms. The first-order chi connectivity index (χ1) is 12.2. The summed E-state index contributed by atoms with van der Waals surface area (Å²) in [6.07, 6.45) is 8.99. The Hall–Kier alpha value is -1.66. The van der Waals surface area contributed by atoms with E-state index in [1.807, 2.05) is 4.90 Å². The molecule has 1 saturated carbocycles. The highest BCUT2D eigenvalue weighted by molar-refractivity contribution is 5.94. The van der Waals surface area contributed by atoms with Crippen LogP contribution < -0.4 is 4.74 Å². The van der Waals surface area contributed by atoms with Crippen molar-refractivity contribution >= 4 is 5.91 Å². The Bertz CT molecular complexity index is 580. The Kier molecular flexibility index (Phi) is 6.26. The SMILES string of the molecule is COCCOc1cncc(C(=O)N2CCC[C@@H]2[C@@H]2CCCC[C@H]2O)c1. The number of rotatable bonds is 6. The predicted octanol–water partition coefficient (Wildman–Crippen LogP) is 2.26. The number of carbonyl (C=O) groups excluding carboxylic acids is 1. The topological polar surface area (TPSA) is 71.9 Å². The first kappa shape index (κ1) is 18.1. The number of likely N-dealkylation sites (tertiary alicyclic amines) is 1. The summed E-state index contributed by atoms with van der Waals surface area (Å²) in [7, 11) is 1.62. The number of aliphatic hydroxyl groups excluding tert-OH is 1. The highest BCUT2D eigenvalue weighted by atomic mass is 16.5. The Labute approximate surface area is 149 Å². The number of pyridine rings is 1. The van der Waals surface area contributed by atoms with E-state index in [-0.39, 0.29) is 24.0 Å². The molecule has 1 aromatic heterocycles. The molecule has 0 aromatic carbocycles. The van der Waals surface area contributed by atoms with Gasteiger partial charge in [-0.25, -0.2) is 0 Å². The third kappa shape index (κ3) is 4.30. The lowest BCUT2D eigenvalue weighted by atomic mass is 9.80. The summed E-state index contributed by atoms with van der Waals surface area (Å²) in [5, 5.41) is 10.4. The molecule has 1 aliphatic carbocycles. The van der Waals surface area contributed by atoms with Crippen molar-refractivity contribution in [3.05, 3.63) is 24.0 Å². The summed E-state index contributed by atoms with van der Waals surface area (Å²) in [6, 6.07) is 1.89. The van der Waals surface area contributed by atoms with Gasteiger partial charge in [-0.1, -0.05) is 12.8 Å². The molecule has 0 unspecified atom stereocenters. The van der Waals surface area contributed by atoms with Gasteiger partial charge in [0.2, 0.25) is 0 Å². The second kappa shape index (κ2) is 8.63. The Morgan fingerprint density at radius 2 is 2.08 bits per heavy atom. The van der Waals surface area contributed by atoms with E-state index in [0.717, 1.165) is 45.1 Å². The van der Waals surface area contributed by atoms with Gasteiger partial charge in [-0.15, -0.1) is 0 Å². The van der Waals surface area contributed by atoms with Crippen molar-refractivity contribution in [3.8, 4) is 5.75 Å². The van der Waals surface area contributed by atoms with E-state index in [0.29, 0.717) is 24.5 Å². The zero-order valence-corrected chi connectivity index (χ0v) is 14.9. The van der Waals surface area contributed by atoms with Crippen LogP contribution in [-0.4, -0.2) is 59.9 Å². The summed E-state index contributed by atoms with van der Waals surface area (Å²) in [5.74, 6) is 0.774. The molecule has 0 spiro atoms. The van der Waals surface area contributed by atoms with Gasteiger partial charge in [0.05, 0.1) is 24.5 Å². The number of hydrogen-bond acceptors (Lipinski definition) is 5. The standard InChI is InChI=1S/C19H28N2O4/c1-24-9-10-25-15-11-14(12-20-13-15)19(23)21-8-4-6-17(21)16-5-2-3-7-18(16)22/h11-13,16-18,22H,2-10H2,1H3/t16-,17+,18+/m0/s1. The molecule has 1 N–H and O–H groups in total. The van der Waals surface area contributed by atoms with Crippen LogP contribution in [0.5, 0.6) is 5.75 Å². The molecule has 1 aliphatic heterocycles. The molecule has 1 aromatic rings. The second-order valence-corrected chi connectivity index (χ2v) is 6.97. The van der Waals surface area contributed by atoms with Crippen LogP contribution in [0, 0.1) is 5.92 Å². The van der Waals surface area contributed by atoms with Gasteiger partial charge in [-0.2, -0.15) is 0 Å². The summed E-state index contributed by atoms with van der Waals surface area (Å²) in [4.78, 5) is 19.1. The van der Waals surface area contributed by atoms with Crippen LogP contribution in [0.3, 0.4) is 0 Å². The highest BCUT2D eigenvalue weighted by Gasteiger charge is 2.39. The number of carbonyl (C=O) groups is 1. The van der Waals surface area contributed by atoms with Gasteiger partial charge in [0.1, 0.15) is 12.4 Å². The number of hydrogen-bond donors (Lipinski definition) is 1. The van der Waals surface area contributed by atoms with Crippen LogP contribution >= 0.6 is 0 Å². The zero-order chi connectivity index (χ0) is 17.6. The Morgan fingerprint density at radius 3 is 2.88 bits per heavy atom. The van der Waals surface area contributed by atoms with Crippen LogP contribution in [0.15, 0.2) is 18.5 Å². The summed E-state index contributed by atoms with van der Waals surface area (Å²) < 4.78 is 10.5. The van der Waals surface area contributed by atoms with Crippen LogP contribution in [0.1, 0.15) is 48.9 Å². The minimum absolute atomic E-state index is 0.00929. The third-order valence-corrected chi connectivity index (χ3v) is 5.35. The molecule has 3 rings (SSSR count). The maximum absolute atomic E-state index is 13.0. The maximum atomic E-state index is 13.0. The van der Waals surface area contributed by atoms with Gasteiger partial charge in [-0.3, -0.25) is 9.78 Å². The van der Waals surface area contributed by atoms with Crippen molar-refractivity contribution in [1.82, 2.24) is 9.88 Å². The summed E-state index contributed by atoms with van der Waals surface area (Å²) in [5.41, 5.74) is 0.548. The van der Waals surface area contributed by atoms with E-state index in [1.54, 1.807) is 25.6 Å². The number of ether oxygens (including phenoxy) is 2. The molecule has 2 heterocycles. The molecule has 1 saturated heterocycles. The quantitative estimate of drug-likeness (QED) is 0.799. The molecular formula is C19H28N2O4. The van der Waals surface area contributed by atoms with Crippen molar-refractivity contribution in [2.75, 3.05) is 26.9 Å². The molecule has 6 nitrogen and oxygen atoms in total.